The minimum atomic E-state index is -0.741. The third-order valence-corrected chi connectivity index (χ3v) is 6.35. The average molecular weight is 521 g/mol. The molecule has 2 heterocycles. The van der Waals surface area contributed by atoms with E-state index in [1.54, 1.807) is 42.7 Å². The number of rotatable bonds is 7. The van der Waals surface area contributed by atoms with Crippen molar-refractivity contribution in [3.8, 4) is 11.1 Å². The molecule has 0 saturated heterocycles. The van der Waals surface area contributed by atoms with Gasteiger partial charge in [-0.25, -0.2) is 23.1 Å². The number of benzene rings is 3. The number of fused-ring (bicyclic) bond motifs is 1. The lowest BCUT2D eigenvalue weighted by atomic mass is 9.90. The van der Waals surface area contributed by atoms with Crippen molar-refractivity contribution < 1.29 is 18.0 Å². The first-order valence-electron chi connectivity index (χ1n) is 11.4. The molecule has 0 saturated carbocycles. The Morgan fingerprint density at radius 1 is 0.973 bits per heavy atom. The Bertz CT molecular complexity index is 1570. The van der Waals surface area contributed by atoms with Gasteiger partial charge in [0.25, 0.3) is 0 Å². The average Bonchev–Trinajstić information content (AvgIpc) is 3.26. The Balaban J connectivity index is 1.46. The van der Waals surface area contributed by atoms with Crippen molar-refractivity contribution in [1.29, 1.82) is 0 Å². The maximum atomic E-state index is 14.2. The fraction of sp³-hybridized carbons (Fsp3) is 0.107. The number of carbonyl (C=O) groups is 1. The van der Waals surface area contributed by atoms with Crippen LogP contribution in [0.4, 0.5) is 13.2 Å². The lowest BCUT2D eigenvalue weighted by Gasteiger charge is -2.21. The number of H-pyrrole nitrogens is 1. The number of carbonyl (C=O) groups excluding carboxylic acids is 1. The summed E-state index contributed by atoms with van der Waals surface area (Å²) < 4.78 is 42.1. The Labute approximate surface area is 215 Å². The minimum Gasteiger partial charge on any atom is -0.361 e. The molecule has 0 fully saturated rings. The molecule has 5 nitrogen and oxygen atoms in total. The molecule has 0 spiro atoms. The summed E-state index contributed by atoms with van der Waals surface area (Å²) in [6, 6.07) is 14.6. The van der Waals surface area contributed by atoms with Crippen LogP contribution < -0.4 is 5.32 Å². The highest BCUT2D eigenvalue weighted by Crippen LogP contribution is 2.32. The highest BCUT2D eigenvalue weighted by molar-refractivity contribution is 6.30. The van der Waals surface area contributed by atoms with E-state index in [1.165, 1.54) is 30.6 Å². The molecule has 186 valence electrons. The summed E-state index contributed by atoms with van der Waals surface area (Å²) in [7, 11) is 0. The Morgan fingerprint density at radius 2 is 1.73 bits per heavy atom. The van der Waals surface area contributed by atoms with Gasteiger partial charge in [0, 0.05) is 52.4 Å². The summed E-state index contributed by atoms with van der Waals surface area (Å²) in [5.41, 5.74) is 3.53. The second-order valence-corrected chi connectivity index (χ2v) is 9.01. The largest absolute Gasteiger partial charge is 0.361 e. The summed E-state index contributed by atoms with van der Waals surface area (Å²) in [5.74, 6) is -2.92. The first-order chi connectivity index (χ1) is 17.9. The zero-order valence-corrected chi connectivity index (χ0v) is 20.1. The topological polar surface area (TPSA) is 70.7 Å². The van der Waals surface area contributed by atoms with Gasteiger partial charge in [-0.2, -0.15) is 0 Å². The smallest absolute Gasteiger partial charge is 0.224 e. The van der Waals surface area contributed by atoms with E-state index in [0.29, 0.717) is 38.3 Å². The van der Waals surface area contributed by atoms with Gasteiger partial charge in [0.1, 0.15) is 23.8 Å². The van der Waals surface area contributed by atoms with Crippen LogP contribution in [0, 0.1) is 17.5 Å². The molecule has 37 heavy (non-hydrogen) atoms. The maximum absolute atomic E-state index is 14.2. The third-order valence-electron chi connectivity index (χ3n) is 6.10. The highest BCUT2D eigenvalue weighted by atomic mass is 35.5. The molecule has 5 aromatic rings. The summed E-state index contributed by atoms with van der Waals surface area (Å²) in [6.07, 6.45) is 4.60. The summed E-state index contributed by atoms with van der Waals surface area (Å²) in [5, 5.41) is 4.01. The van der Waals surface area contributed by atoms with E-state index < -0.39 is 23.4 Å². The van der Waals surface area contributed by atoms with Gasteiger partial charge in [-0.1, -0.05) is 23.7 Å². The lowest BCUT2D eigenvalue weighted by Crippen LogP contribution is -2.30. The van der Waals surface area contributed by atoms with Gasteiger partial charge in [0.2, 0.25) is 5.91 Å². The van der Waals surface area contributed by atoms with E-state index in [2.05, 4.69) is 20.3 Å². The van der Waals surface area contributed by atoms with E-state index in [1.807, 2.05) is 0 Å². The van der Waals surface area contributed by atoms with Crippen LogP contribution in [0.1, 0.15) is 22.7 Å². The second kappa shape index (κ2) is 10.4. The molecule has 0 bridgehead atoms. The first kappa shape index (κ1) is 24.5. The number of nitrogens with zero attached hydrogens (tertiary/aromatic N) is 2. The number of amides is 1. The van der Waals surface area contributed by atoms with Gasteiger partial charge in [-0.3, -0.25) is 4.79 Å². The van der Waals surface area contributed by atoms with Gasteiger partial charge in [-0.15, -0.1) is 0 Å². The summed E-state index contributed by atoms with van der Waals surface area (Å²) in [4.78, 5) is 24.5. The third kappa shape index (κ3) is 5.49. The number of halogens is 4. The predicted octanol–water partition coefficient (Wildman–Crippen LogP) is 6.19. The van der Waals surface area contributed by atoms with Crippen molar-refractivity contribution in [3.05, 3.63) is 119 Å². The first-order valence-corrected chi connectivity index (χ1v) is 11.8. The number of aromatic nitrogens is 3. The van der Waals surface area contributed by atoms with Crippen LogP contribution in [-0.2, 0) is 11.2 Å². The van der Waals surface area contributed by atoms with Gasteiger partial charge >= 0.3 is 0 Å². The quantitative estimate of drug-likeness (QED) is 0.269. The summed E-state index contributed by atoms with van der Waals surface area (Å²) in [6.45, 7) is 0.00997. The van der Waals surface area contributed by atoms with Crippen molar-refractivity contribution in [3.63, 3.8) is 0 Å². The van der Waals surface area contributed by atoms with E-state index in [0.717, 1.165) is 11.6 Å². The van der Waals surface area contributed by atoms with Crippen LogP contribution in [0.5, 0.6) is 0 Å². The van der Waals surface area contributed by atoms with E-state index in [9.17, 15) is 18.0 Å². The molecule has 1 atom stereocenters. The lowest BCUT2D eigenvalue weighted by molar-refractivity contribution is -0.120. The van der Waals surface area contributed by atoms with Crippen LogP contribution in [0.15, 0.2) is 79.4 Å². The molecule has 9 heteroatoms. The molecule has 1 unspecified atom stereocenters. The molecular formula is C28H20ClF3N4O. The monoisotopic (exact) mass is 520 g/mol. The maximum Gasteiger partial charge on any atom is 0.224 e. The van der Waals surface area contributed by atoms with Crippen LogP contribution in [0.2, 0.25) is 5.02 Å². The molecule has 2 N–H and O–H groups in total. The second-order valence-electron chi connectivity index (χ2n) is 8.57. The molecule has 0 aliphatic rings. The standard InChI is InChI=1S/C28H20ClF3N4O/c29-19-3-1-16(2-4-19)24-13-33-15-36-28(24)25(17-7-21(31)10-22(32)8-17)14-35-27(37)9-18-12-34-26-6-5-20(30)11-23(18)26/h1-8,10-13,15,25,34H,9,14H2,(H,35,37). The SMILES string of the molecule is O=C(Cc1c[nH]c2ccc(F)cc12)NCC(c1cc(F)cc(F)c1)c1ncncc1-c1ccc(Cl)cc1. The highest BCUT2D eigenvalue weighted by Gasteiger charge is 2.23. The molecule has 0 aliphatic carbocycles. The zero-order valence-electron chi connectivity index (χ0n) is 19.3. The van der Waals surface area contributed by atoms with Crippen molar-refractivity contribution in [2.75, 3.05) is 6.54 Å². The summed E-state index contributed by atoms with van der Waals surface area (Å²) >= 11 is 6.03. The molecule has 0 radical (unpaired) electrons. The normalized spacial score (nSPS) is 12.0. The van der Waals surface area contributed by atoms with Crippen molar-refractivity contribution in [1.82, 2.24) is 20.3 Å². The van der Waals surface area contributed by atoms with E-state index in [4.69, 9.17) is 11.6 Å². The van der Waals surface area contributed by atoms with Gasteiger partial charge in [-0.05, 0) is 59.2 Å². The molecule has 1 amide bonds. The number of aromatic amines is 1. The molecule has 3 aromatic carbocycles. The Kier molecular flexibility index (Phi) is 6.92. The molecule has 0 aliphatic heterocycles. The van der Waals surface area contributed by atoms with Gasteiger partial charge in [0.15, 0.2) is 0 Å². The zero-order chi connectivity index (χ0) is 25.9. The van der Waals surface area contributed by atoms with E-state index in [-0.39, 0.29) is 18.9 Å². The van der Waals surface area contributed by atoms with Crippen LogP contribution in [0.3, 0.4) is 0 Å². The fourth-order valence-electron chi connectivity index (χ4n) is 4.37. The molecular weight excluding hydrogens is 501 g/mol. The van der Waals surface area contributed by atoms with Crippen LogP contribution in [0.25, 0.3) is 22.0 Å². The number of nitrogens with one attached hydrogen (secondary N) is 2. The number of hydrogen-bond acceptors (Lipinski definition) is 3. The fourth-order valence-corrected chi connectivity index (χ4v) is 4.49. The van der Waals surface area contributed by atoms with Gasteiger partial charge in [0.05, 0.1) is 12.1 Å². The van der Waals surface area contributed by atoms with E-state index >= 15 is 0 Å². The Morgan fingerprint density at radius 3 is 2.49 bits per heavy atom. The Hall–Kier alpha value is -4.17. The molecule has 5 rings (SSSR count). The van der Waals surface area contributed by atoms with Crippen LogP contribution >= 0.6 is 11.6 Å². The number of hydrogen-bond donors (Lipinski definition) is 2. The predicted molar refractivity (Wildman–Crippen MR) is 136 cm³/mol. The van der Waals surface area contributed by atoms with Crippen molar-refractivity contribution >= 4 is 28.4 Å². The van der Waals surface area contributed by atoms with Crippen molar-refractivity contribution in [2.24, 2.45) is 0 Å². The van der Waals surface area contributed by atoms with Crippen LogP contribution in [-0.4, -0.2) is 27.4 Å². The van der Waals surface area contributed by atoms with Gasteiger partial charge < -0.3 is 10.3 Å². The van der Waals surface area contributed by atoms with Crippen molar-refractivity contribution in [2.45, 2.75) is 12.3 Å². The minimum absolute atomic E-state index is 0.00997. The molecule has 2 aromatic heterocycles.